The lowest BCUT2D eigenvalue weighted by Crippen LogP contribution is -2.31. The van der Waals surface area contributed by atoms with E-state index in [0.29, 0.717) is 0 Å². The summed E-state index contributed by atoms with van der Waals surface area (Å²) in [6.07, 6.45) is 0.217. The highest BCUT2D eigenvalue weighted by molar-refractivity contribution is 5.81. The summed E-state index contributed by atoms with van der Waals surface area (Å²) < 4.78 is 1.77. The molecule has 0 fully saturated rings. The van der Waals surface area contributed by atoms with E-state index in [1.54, 1.807) is 4.68 Å². The van der Waals surface area contributed by atoms with Crippen LogP contribution in [0.4, 0.5) is 0 Å². The average Bonchev–Trinajstić information content (AvgIpc) is 2.55. The number of carbonyl (C=O) groups excluding carboxylic acids is 1. The maximum atomic E-state index is 11.4. The Labute approximate surface area is 99.6 Å². The van der Waals surface area contributed by atoms with Crippen molar-refractivity contribution in [2.45, 2.75) is 33.2 Å². The number of hydrogen-bond donors (Lipinski definition) is 2. The molecular weight excluding hydrogens is 222 g/mol. The fraction of sp³-hybridized carbons (Fsp3) is 0.545. The monoisotopic (exact) mass is 239 g/mol. The summed E-state index contributed by atoms with van der Waals surface area (Å²) in [5, 5.41) is 15.0. The third kappa shape index (κ3) is 3.90. The fourth-order valence-electron chi connectivity index (χ4n) is 1.69. The van der Waals surface area contributed by atoms with E-state index in [0.717, 1.165) is 11.4 Å². The minimum atomic E-state index is -1.04. The molecule has 1 amide bonds. The second-order valence-electron chi connectivity index (χ2n) is 4.10. The molecule has 0 saturated heterocycles. The Bertz CT molecular complexity index is 426. The van der Waals surface area contributed by atoms with Crippen molar-refractivity contribution in [3.8, 4) is 0 Å². The van der Waals surface area contributed by atoms with Crippen molar-refractivity contribution in [3.05, 3.63) is 17.5 Å². The third-order valence-corrected chi connectivity index (χ3v) is 2.38. The van der Waals surface area contributed by atoms with Gasteiger partial charge >= 0.3 is 5.97 Å². The van der Waals surface area contributed by atoms with E-state index in [2.05, 4.69) is 10.4 Å². The molecule has 94 valence electrons. The Morgan fingerprint density at radius 3 is 2.65 bits per heavy atom. The number of rotatable bonds is 5. The molecule has 1 heterocycles. The van der Waals surface area contributed by atoms with Gasteiger partial charge in [0.1, 0.15) is 6.54 Å². The SMILES string of the molecule is Cc1cc(C)n(C(C)CC(=O)NCC(=O)O)n1. The van der Waals surface area contributed by atoms with E-state index in [4.69, 9.17) is 5.11 Å². The van der Waals surface area contributed by atoms with Crippen molar-refractivity contribution in [1.29, 1.82) is 0 Å². The summed E-state index contributed by atoms with van der Waals surface area (Å²) in [7, 11) is 0. The lowest BCUT2D eigenvalue weighted by Gasteiger charge is -2.13. The largest absolute Gasteiger partial charge is 0.480 e. The van der Waals surface area contributed by atoms with Crippen molar-refractivity contribution in [2.75, 3.05) is 6.54 Å². The van der Waals surface area contributed by atoms with E-state index in [1.165, 1.54) is 0 Å². The van der Waals surface area contributed by atoms with Crippen LogP contribution in [0.5, 0.6) is 0 Å². The molecule has 2 N–H and O–H groups in total. The first-order valence-corrected chi connectivity index (χ1v) is 5.41. The van der Waals surface area contributed by atoms with Crippen LogP contribution < -0.4 is 5.32 Å². The number of carbonyl (C=O) groups is 2. The quantitative estimate of drug-likeness (QED) is 0.790. The van der Waals surface area contributed by atoms with Crippen LogP contribution in [0.15, 0.2) is 6.07 Å². The Morgan fingerprint density at radius 1 is 1.53 bits per heavy atom. The molecule has 1 aromatic rings. The van der Waals surface area contributed by atoms with Gasteiger partial charge in [-0.25, -0.2) is 0 Å². The molecule has 0 spiro atoms. The van der Waals surface area contributed by atoms with Gasteiger partial charge in [-0.3, -0.25) is 14.3 Å². The molecule has 0 bridgehead atoms. The predicted molar refractivity (Wildman–Crippen MR) is 61.7 cm³/mol. The summed E-state index contributed by atoms with van der Waals surface area (Å²) in [6, 6.07) is 1.85. The summed E-state index contributed by atoms with van der Waals surface area (Å²) >= 11 is 0. The molecule has 1 atom stereocenters. The number of nitrogens with zero attached hydrogens (tertiary/aromatic N) is 2. The first-order chi connectivity index (χ1) is 7.90. The molecule has 0 aliphatic rings. The smallest absolute Gasteiger partial charge is 0.322 e. The number of carboxylic acids is 1. The van der Waals surface area contributed by atoms with Crippen LogP contribution in [0.1, 0.15) is 30.8 Å². The van der Waals surface area contributed by atoms with Crippen molar-refractivity contribution in [3.63, 3.8) is 0 Å². The molecule has 1 aromatic heterocycles. The minimum Gasteiger partial charge on any atom is -0.480 e. The van der Waals surface area contributed by atoms with Gasteiger partial charge in [0.2, 0.25) is 5.91 Å². The fourth-order valence-corrected chi connectivity index (χ4v) is 1.69. The van der Waals surface area contributed by atoms with Crippen molar-refractivity contribution >= 4 is 11.9 Å². The lowest BCUT2D eigenvalue weighted by atomic mass is 10.2. The second kappa shape index (κ2) is 5.47. The van der Waals surface area contributed by atoms with Gasteiger partial charge < -0.3 is 10.4 Å². The van der Waals surface area contributed by atoms with Crippen molar-refractivity contribution < 1.29 is 14.7 Å². The number of hydrogen-bond acceptors (Lipinski definition) is 3. The first kappa shape index (κ1) is 13.2. The normalized spacial score (nSPS) is 12.2. The Kier molecular flexibility index (Phi) is 4.25. The number of carboxylic acid groups (broad SMARTS) is 1. The number of aryl methyl sites for hydroxylation is 2. The summed E-state index contributed by atoms with van der Waals surface area (Å²) in [5.41, 5.74) is 1.89. The highest BCUT2D eigenvalue weighted by atomic mass is 16.4. The van der Waals surface area contributed by atoms with Gasteiger partial charge in [-0.1, -0.05) is 0 Å². The molecule has 6 nitrogen and oxygen atoms in total. The zero-order chi connectivity index (χ0) is 13.0. The Morgan fingerprint density at radius 2 is 2.18 bits per heavy atom. The molecule has 0 saturated carbocycles. The van der Waals surface area contributed by atoms with Gasteiger partial charge in [0.05, 0.1) is 11.7 Å². The van der Waals surface area contributed by atoms with E-state index >= 15 is 0 Å². The zero-order valence-corrected chi connectivity index (χ0v) is 10.2. The third-order valence-electron chi connectivity index (χ3n) is 2.38. The molecule has 17 heavy (non-hydrogen) atoms. The number of aliphatic carboxylic acids is 1. The topological polar surface area (TPSA) is 84.2 Å². The van der Waals surface area contributed by atoms with Gasteiger partial charge in [0.25, 0.3) is 0 Å². The lowest BCUT2D eigenvalue weighted by molar-refractivity contribution is -0.138. The van der Waals surface area contributed by atoms with Gasteiger partial charge in [-0.05, 0) is 26.8 Å². The van der Waals surface area contributed by atoms with E-state index in [1.807, 2.05) is 26.8 Å². The Hall–Kier alpha value is -1.85. The summed E-state index contributed by atoms with van der Waals surface area (Å²) in [6.45, 7) is 5.34. The molecule has 0 aliphatic carbocycles. The van der Waals surface area contributed by atoms with E-state index in [-0.39, 0.29) is 24.9 Å². The highest BCUT2D eigenvalue weighted by Gasteiger charge is 2.14. The van der Waals surface area contributed by atoms with Gasteiger partial charge in [-0.15, -0.1) is 0 Å². The molecule has 6 heteroatoms. The standard InChI is InChI=1S/C11H17N3O3/c1-7-4-8(2)14(13-7)9(3)5-10(15)12-6-11(16)17/h4,9H,5-6H2,1-3H3,(H,12,15)(H,16,17). The molecule has 1 unspecified atom stereocenters. The van der Waals surface area contributed by atoms with Crippen LogP contribution >= 0.6 is 0 Å². The molecule has 0 aliphatic heterocycles. The maximum absolute atomic E-state index is 11.4. The van der Waals surface area contributed by atoms with Gasteiger partial charge in [0.15, 0.2) is 0 Å². The second-order valence-corrected chi connectivity index (χ2v) is 4.10. The molecular formula is C11H17N3O3. The van der Waals surface area contributed by atoms with E-state index < -0.39 is 5.97 Å². The van der Waals surface area contributed by atoms with Crippen LogP contribution in [0.25, 0.3) is 0 Å². The minimum absolute atomic E-state index is 0.0857. The number of nitrogens with one attached hydrogen (secondary N) is 1. The van der Waals surface area contributed by atoms with Crippen LogP contribution in [0.2, 0.25) is 0 Å². The predicted octanol–water partition coefficient (Wildman–Crippen LogP) is 0.652. The summed E-state index contributed by atoms with van der Waals surface area (Å²) in [4.78, 5) is 21.7. The zero-order valence-electron chi connectivity index (χ0n) is 10.2. The number of aromatic nitrogens is 2. The molecule has 1 rings (SSSR count). The number of amides is 1. The first-order valence-electron chi connectivity index (χ1n) is 5.41. The van der Waals surface area contributed by atoms with E-state index in [9.17, 15) is 9.59 Å². The van der Waals surface area contributed by atoms with Crippen LogP contribution in [0.3, 0.4) is 0 Å². The molecule has 0 aromatic carbocycles. The average molecular weight is 239 g/mol. The van der Waals surface area contributed by atoms with Crippen LogP contribution in [0, 0.1) is 13.8 Å². The van der Waals surface area contributed by atoms with Gasteiger partial charge in [-0.2, -0.15) is 5.10 Å². The van der Waals surface area contributed by atoms with Crippen molar-refractivity contribution in [2.24, 2.45) is 0 Å². The highest BCUT2D eigenvalue weighted by Crippen LogP contribution is 2.13. The summed E-state index contributed by atoms with van der Waals surface area (Å²) in [5.74, 6) is -1.33. The van der Waals surface area contributed by atoms with Crippen LogP contribution in [-0.4, -0.2) is 33.3 Å². The Balaban J connectivity index is 2.54. The van der Waals surface area contributed by atoms with Gasteiger partial charge in [0, 0.05) is 12.1 Å². The maximum Gasteiger partial charge on any atom is 0.322 e. The van der Waals surface area contributed by atoms with Crippen LogP contribution in [-0.2, 0) is 9.59 Å². The molecule has 0 radical (unpaired) electrons. The van der Waals surface area contributed by atoms with Crippen molar-refractivity contribution in [1.82, 2.24) is 15.1 Å².